The molecule has 6 radical (unpaired) electrons. The van der Waals surface area contributed by atoms with Crippen LogP contribution in [0.15, 0.2) is 73.7 Å². The van der Waals surface area contributed by atoms with Crippen LogP contribution in [0.5, 0.6) is 0 Å². The first-order chi connectivity index (χ1) is 17.2. The molecule has 0 bridgehead atoms. The standard InChI is InChI=1S/C29H52O3Si6/c1-17-37(18-2,19-3)28(11,12)33-26(7,8)35(15)23-31-25(30)32-24-36(16)27(9,10)34-29(13,14)38(20-4,21-5)22-6/h17-22H,1-6,23-24H2,7-16H3. The van der Waals surface area contributed by atoms with Crippen LogP contribution in [0.4, 0.5) is 4.79 Å². The van der Waals surface area contributed by atoms with Crippen molar-refractivity contribution >= 4 is 58.9 Å². The van der Waals surface area contributed by atoms with Crippen molar-refractivity contribution in [2.75, 3.05) is 12.5 Å². The van der Waals surface area contributed by atoms with Crippen molar-refractivity contribution in [3.63, 3.8) is 0 Å². The SMILES string of the molecule is C=C[Si](C=C)(C=C)C(C)(C)[Si]C(C)(C)[Si](C)COC(=O)OC[Si](C)C(C)(C)[Si]C(C)(C)[Si](C=C)(C=C)C=C. The van der Waals surface area contributed by atoms with E-state index in [4.69, 9.17) is 9.47 Å². The molecule has 0 saturated carbocycles. The Balaban J connectivity index is 5.18. The van der Waals surface area contributed by atoms with E-state index in [-0.39, 0.29) is 18.6 Å². The fourth-order valence-corrected chi connectivity index (χ4v) is 23.5. The maximum absolute atomic E-state index is 12.6. The zero-order chi connectivity index (χ0) is 30.2. The third-order valence-electron chi connectivity index (χ3n) is 8.39. The molecule has 3 nitrogen and oxygen atoms in total. The highest BCUT2D eigenvalue weighted by Crippen LogP contribution is 2.46. The highest BCUT2D eigenvalue weighted by atomic mass is 28.4. The highest BCUT2D eigenvalue weighted by Gasteiger charge is 2.47. The van der Waals surface area contributed by atoms with Crippen LogP contribution in [0.3, 0.4) is 0 Å². The molecule has 0 amide bonds. The Labute approximate surface area is 245 Å². The predicted molar refractivity (Wildman–Crippen MR) is 181 cm³/mol. The second-order valence-electron chi connectivity index (χ2n) is 12.2. The number of carbonyl (C=O) groups is 1. The Kier molecular flexibility index (Phi) is 13.7. The summed E-state index contributed by atoms with van der Waals surface area (Å²) in [6, 6.07) is 0. The summed E-state index contributed by atoms with van der Waals surface area (Å²) in [5.74, 6) is 0. The largest absolute Gasteiger partial charge is 0.507 e. The van der Waals surface area contributed by atoms with Crippen molar-refractivity contribution in [2.45, 2.75) is 87.1 Å². The second kappa shape index (κ2) is 14.1. The van der Waals surface area contributed by atoms with Crippen LogP contribution in [0.1, 0.15) is 55.4 Å². The Morgan fingerprint density at radius 2 is 0.868 bits per heavy atom. The minimum atomic E-state index is -2.05. The first kappa shape index (κ1) is 37.0. The zero-order valence-electron chi connectivity index (χ0n) is 25.8. The first-order valence-electron chi connectivity index (χ1n) is 13.1. The van der Waals surface area contributed by atoms with Gasteiger partial charge in [0.1, 0.15) is 16.1 Å². The molecular weight excluding hydrogens is 565 g/mol. The lowest BCUT2D eigenvalue weighted by Crippen LogP contribution is -2.50. The minimum Gasteiger partial charge on any atom is -0.438 e. The van der Waals surface area contributed by atoms with E-state index in [2.05, 4.69) is 142 Å². The predicted octanol–water partition coefficient (Wildman–Crippen LogP) is 8.08. The van der Waals surface area contributed by atoms with Gasteiger partial charge in [-0.3, -0.25) is 0 Å². The van der Waals surface area contributed by atoms with Crippen LogP contribution < -0.4 is 0 Å². The van der Waals surface area contributed by atoms with Gasteiger partial charge in [0.2, 0.25) is 0 Å². The summed E-state index contributed by atoms with van der Waals surface area (Å²) in [6.07, 6.45) is 0.315. The molecule has 0 rings (SSSR count). The Hall–Kier alpha value is -0.989. The molecule has 0 aliphatic rings. The molecule has 0 spiro atoms. The lowest BCUT2D eigenvalue weighted by atomic mass is 10.5. The van der Waals surface area contributed by atoms with Crippen molar-refractivity contribution in [1.82, 2.24) is 0 Å². The van der Waals surface area contributed by atoms with Crippen LogP contribution in [0.2, 0.25) is 31.7 Å². The van der Waals surface area contributed by atoms with Crippen LogP contribution in [-0.4, -0.2) is 71.4 Å². The van der Waals surface area contributed by atoms with Gasteiger partial charge in [0, 0.05) is 19.0 Å². The molecule has 38 heavy (non-hydrogen) atoms. The van der Waals surface area contributed by atoms with Gasteiger partial charge in [-0.2, -0.15) is 0 Å². The molecule has 0 fully saturated rings. The molecular formula is C29H52O3Si6. The lowest BCUT2D eigenvalue weighted by molar-refractivity contribution is 0.0785. The van der Waals surface area contributed by atoms with E-state index < -0.39 is 39.9 Å². The smallest absolute Gasteiger partial charge is 0.438 e. The Bertz CT molecular complexity index is 777. The van der Waals surface area contributed by atoms with Crippen molar-refractivity contribution < 1.29 is 14.3 Å². The summed E-state index contributed by atoms with van der Waals surface area (Å²) in [5, 5.41) is 0. The number of hydrogen-bond donors (Lipinski definition) is 0. The fraction of sp³-hybridized carbons (Fsp3) is 0.552. The molecule has 210 valence electrons. The summed E-state index contributed by atoms with van der Waals surface area (Å²) < 4.78 is 11.5. The molecule has 0 aliphatic carbocycles. The van der Waals surface area contributed by atoms with E-state index in [0.717, 1.165) is 0 Å². The molecule has 0 saturated heterocycles. The Morgan fingerprint density at radius 1 is 0.632 bits per heavy atom. The minimum absolute atomic E-state index is 0.0388. The first-order valence-corrected chi connectivity index (χ1v) is 24.0. The summed E-state index contributed by atoms with van der Waals surface area (Å²) in [6.45, 7) is 47.5. The maximum atomic E-state index is 12.6. The lowest BCUT2D eigenvalue weighted by Gasteiger charge is -2.44. The molecule has 0 heterocycles. The van der Waals surface area contributed by atoms with Gasteiger partial charge < -0.3 is 9.47 Å². The van der Waals surface area contributed by atoms with Crippen molar-refractivity contribution in [1.29, 1.82) is 0 Å². The van der Waals surface area contributed by atoms with Crippen LogP contribution >= 0.6 is 0 Å². The molecule has 0 aliphatic heterocycles. The third-order valence-corrected chi connectivity index (χ3v) is 31.4. The van der Waals surface area contributed by atoms with Gasteiger partial charge in [0.05, 0.1) is 30.1 Å². The van der Waals surface area contributed by atoms with Crippen molar-refractivity contribution in [3.8, 4) is 0 Å². The maximum Gasteiger partial charge on any atom is 0.507 e. The monoisotopic (exact) mass is 616 g/mol. The van der Waals surface area contributed by atoms with E-state index in [1.165, 1.54) is 0 Å². The molecule has 0 atom stereocenters. The number of rotatable bonds is 18. The van der Waals surface area contributed by atoms with Gasteiger partial charge in [0.15, 0.2) is 0 Å². The average Bonchev–Trinajstić information content (AvgIpc) is 2.81. The highest BCUT2D eigenvalue weighted by molar-refractivity contribution is 7.03. The summed E-state index contributed by atoms with van der Waals surface area (Å²) in [7, 11) is -4.75. The van der Waals surface area contributed by atoms with Gasteiger partial charge in [-0.15, -0.1) is 39.5 Å². The molecule has 0 N–H and O–H groups in total. The van der Waals surface area contributed by atoms with E-state index in [1.54, 1.807) is 0 Å². The number of ether oxygens (including phenoxy) is 2. The third kappa shape index (κ3) is 8.50. The normalized spacial score (nSPS) is 13.6. The van der Waals surface area contributed by atoms with E-state index in [0.29, 0.717) is 31.5 Å². The Morgan fingerprint density at radius 3 is 1.08 bits per heavy atom. The van der Waals surface area contributed by atoms with E-state index >= 15 is 0 Å². The van der Waals surface area contributed by atoms with E-state index in [9.17, 15) is 4.79 Å². The molecule has 0 aromatic heterocycles. The second-order valence-corrected chi connectivity index (χ2v) is 34.6. The van der Waals surface area contributed by atoms with Crippen LogP contribution in [0.25, 0.3) is 0 Å². The average molecular weight is 617 g/mol. The number of carbonyl (C=O) groups excluding carboxylic acids is 1. The molecule has 9 heteroatoms. The summed E-state index contributed by atoms with van der Waals surface area (Å²) >= 11 is 0. The van der Waals surface area contributed by atoms with Gasteiger partial charge in [-0.25, -0.2) is 4.79 Å². The quantitative estimate of drug-likeness (QED) is 0.115. The summed E-state index contributed by atoms with van der Waals surface area (Å²) in [4.78, 5) is 12.6. The number of hydrogen-bond acceptors (Lipinski definition) is 3. The van der Waals surface area contributed by atoms with Crippen LogP contribution in [-0.2, 0) is 9.47 Å². The van der Waals surface area contributed by atoms with Gasteiger partial charge >= 0.3 is 6.16 Å². The topological polar surface area (TPSA) is 35.5 Å². The zero-order valence-corrected chi connectivity index (χ0v) is 31.8. The van der Waals surface area contributed by atoms with Crippen molar-refractivity contribution in [3.05, 3.63) is 73.7 Å². The van der Waals surface area contributed by atoms with Crippen molar-refractivity contribution in [2.24, 2.45) is 0 Å². The molecule has 0 aromatic rings. The van der Waals surface area contributed by atoms with Crippen LogP contribution in [0, 0.1) is 0 Å². The van der Waals surface area contributed by atoms with Gasteiger partial charge in [-0.05, 0) is 18.6 Å². The molecule has 0 aromatic carbocycles. The van der Waals surface area contributed by atoms with E-state index in [1.807, 2.05) is 0 Å². The van der Waals surface area contributed by atoms with Gasteiger partial charge in [-0.1, -0.05) is 103 Å². The van der Waals surface area contributed by atoms with Gasteiger partial charge in [0.25, 0.3) is 0 Å². The fourth-order valence-electron chi connectivity index (χ4n) is 4.76. The molecule has 0 unspecified atom stereocenters. The summed E-state index contributed by atoms with van der Waals surface area (Å²) in [5.41, 5.74) is 12.5.